The Bertz CT molecular complexity index is 615. The highest BCUT2D eigenvalue weighted by Crippen LogP contribution is 2.26. The van der Waals surface area contributed by atoms with Crippen LogP contribution in [0.25, 0.3) is 0 Å². The zero-order valence-electron chi connectivity index (χ0n) is 11.3. The third-order valence-electron chi connectivity index (χ3n) is 2.75. The molecule has 0 radical (unpaired) electrons. The maximum atomic E-state index is 8.75. The molecule has 2 aromatic carbocycles. The van der Waals surface area contributed by atoms with Gasteiger partial charge in [-0.1, -0.05) is 0 Å². The van der Waals surface area contributed by atoms with Crippen LogP contribution in [-0.4, -0.2) is 6.61 Å². The predicted molar refractivity (Wildman–Crippen MR) is 77.9 cm³/mol. The van der Waals surface area contributed by atoms with E-state index in [1.54, 1.807) is 18.2 Å². The molecule has 102 valence electrons. The van der Waals surface area contributed by atoms with Crippen molar-refractivity contribution in [3.63, 3.8) is 0 Å². The van der Waals surface area contributed by atoms with Crippen LogP contribution in [0.3, 0.4) is 0 Å². The smallest absolute Gasteiger partial charge is 0.127 e. The summed E-state index contributed by atoms with van der Waals surface area (Å²) in [6, 6.07) is 14.8. The molecule has 0 spiro atoms. The Morgan fingerprint density at radius 2 is 1.70 bits per heavy atom. The summed E-state index contributed by atoms with van der Waals surface area (Å²) in [4.78, 5) is 0. The van der Waals surface area contributed by atoms with Crippen LogP contribution >= 0.6 is 0 Å². The minimum absolute atomic E-state index is 0.270. The summed E-state index contributed by atoms with van der Waals surface area (Å²) in [6.07, 6.45) is 0.270. The van der Waals surface area contributed by atoms with E-state index in [4.69, 9.17) is 20.5 Å². The molecular formula is C16H16N2O2. The van der Waals surface area contributed by atoms with Gasteiger partial charge in [0.1, 0.15) is 17.2 Å². The summed E-state index contributed by atoms with van der Waals surface area (Å²) < 4.78 is 11.1. The molecule has 0 aliphatic rings. The van der Waals surface area contributed by atoms with Crippen molar-refractivity contribution in [2.24, 2.45) is 0 Å². The van der Waals surface area contributed by atoms with Gasteiger partial charge in [-0.25, -0.2) is 0 Å². The monoisotopic (exact) mass is 268 g/mol. The van der Waals surface area contributed by atoms with E-state index in [1.807, 2.05) is 31.2 Å². The summed E-state index contributed by atoms with van der Waals surface area (Å²) in [7, 11) is 0. The standard InChI is InChI=1S/C16H16N2O2/c1-2-19-13-3-5-14(6-4-13)20-15-7-8-16(18)12(11-15)9-10-17/h3-8,11H,2,9,18H2,1H3. The van der Waals surface area contributed by atoms with E-state index in [0.717, 1.165) is 11.3 Å². The minimum Gasteiger partial charge on any atom is -0.494 e. The molecule has 0 atom stereocenters. The molecule has 0 saturated carbocycles. The normalized spacial score (nSPS) is 9.80. The van der Waals surface area contributed by atoms with Crippen molar-refractivity contribution in [1.82, 2.24) is 0 Å². The number of rotatable bonds is 5. The first-order valence-electron chi connectivity index (χ1n) is 6.39. The Kier molecular flexibility index (Phi) is 4.46. The predicted octanol–water partition coefficient (Wildman–Crippen LogP) is 3.53. The number of anilines is 1. The molecule has 2 aromatic rings. The second-order valence-corrected chi connectivity index (χ2v) is 4.20. The van der Waals surface area contributed by atoms with Gasteiger partial charge in [0, 0.05) is 5.69 Å². The van der Waals surface area contributed by atoms with Crippen LogP contribution in [0.1, 0.15) is 12.5 Å². The first kappa shape index (κ1) is 13.8. The number of hydrogen-bond donors (Lipinski definition) is 1. The highest BCUT2D eigenvalue weighted by Gasteiger charge is 2.03. The number of nitrogen functional groups attached to an aromatic ring is 1. The Morgan fingerprint density at radius 3 is 2.35 bits per heavy atom. The quantitative estimate of drug-likeness (QED) is 0.842. The maximum Gasteiger partial charge on any atom is 0.127 e. The molecule has 0 unspecified atom stereocenters. The van der Waals surface area contributed by atoms with E-state index in [0.29, 0.717) is 23.8 Å². The lowest BCUT2D eigenvalue weighted by molar-refractivity contribution is 0.339. The van der Waals surface area contributed by atoms with Crippen molar-refractivity contribution in [3.05, 3.63) is 48.0 Å². The Hall–Kier alpha value is -2.67. The largest absolute Gasteiger partial charge is 0.494 e. The van der Waals surface area contributed by atoms with Gasteiger partial charge in [0.2, 0.25) is 0 Å². The summed E-state index contributed by atoms with van der Waals surface area (Å²) in [5, 5.41) is 8.75. The van der Waals surface area contributed by atoms with Crippen molar-refractivity contribution in [1.29, 1.82) is 5.26 Å². The van der Waals surface area contributed by atoms with E-state index < -0.39 is 0 Å². The number of nitriles is 1. The van der Waals surface area contributed by atoms with Gasteiger partial charge in [0.15, 0.2) is 0 Å². The Balaban J connectivity index is 2.13. The van der Waals surface area contributed by atoms with Crippen LogP contribution in [0.5, 0.6) is 17.2 Å². The molecule has 0 bridgehead atoms. The number of nitrogens with zero attached hydrogens (tertiary/aromatic N) is 1. The second kappa shape index (κ2) is 6.48. The maximum absolute atomic E-state index is 8.75. The zero-order chi connectivity index (χ0) is 14.4. The van der Waals surface area contributed by atoms with Gasteiger partial charge in [0.05, 0.1) is 19.1 Å². The average Bonchev–Trinajstić information content (AvgIpc) is 2.45. The first-order chi connectivity index (χ1) is 9.72. The molecule has 0 aliphatic heterocycles. The van der Waals surface area contributed by atoms with E-state index in [2.05, 4.69) is 6.07 Å². The van der Waals surface area contributed by atoms with Crippen molar-refractivity contribution in [2.45, 2.75) is 13.3 Å². The third kappa shape index (κ3) is 3.42. The van der Waals surface area contributed by atoms with Gasteiger partial charge >= 0.3 is 0 Å². The molecule has 4 nitrogen and oxygen atoms in total. The number of nitrogens with two attached hydrogens (primary N) is 1. The van der Waals surface area contributed by atoms with E-state index in [1.165, 1.54) is 0 Å². The number of ether oxygens (including phenoxy) is 2. The SMILES string of the molecule is CCOc1ccc(Oc2ccc(N)c(CC#N)c2)cc1. The van der Waals surface area contributed by atoms with Crippen LogP contribution in [0, 0.1) is 11.3 Å². The molecule has 0 amide bonds. The molecule has 2 N–H and O–H groups in total. The highest BCUT2D eigenvalue weighted by molar-refractivity contribution is 5.52. The van der Waals surface area contributed by atoms with E-state index in [-0.39, 0.29) is 6.42 Å². The zero-order valence-corrected chi connectivity index (χ0v) is 11.3. The highest BCUT2D eigenvalue weighted by atomic mass is 16.5. The lowest BCUT2D eigenvalue weighted by atomic mass is 10.1. The minimum atomic E-state index is 0.270. The fourth-order valence-corrected chi connectivity index (χ4v) is 1.79. The van der Waals surface area contributed by atoms with Crippen LogP contribution in [0.15, 0.2) is 42.5 Å². The topological polar surface area (TPSA) is 68.3 Å². The fraction of sp³-hybridized carbons (Fsp3) is 0.188. The van der Waals surface area contributed by atoms with Gasteiger partial charge in [-0.05, 0) is 55.0 Å². The molecule has 0 heterocycles. The molecule has 0 fully saturated rings. The van der Waals surface area contributed by atoms with Crippen molar-refractivity contribution in [3.8, 4) is 23.3 Å². The van der Waals surface area contributed by atoms with Crippen molar-refractivity contribution in [2.75, 3.05) is 12.3 Å². The summed E-state index contributed by atoms with van der Waals surface area (Å²) in [6.45, 7) is 2.57. The molecule has 20 heavy (non-hydrogen) atoms. The third-order valence-corrected chi connectivity index (χ3v) is 2.75. The van der Waals surface area contributed by atoms with Crippen LogP contribution < -0.4 is 15.2 Å². The van der Waals surface area contributed by atoms with Gasteiger partial charge in [0.25, 0.3) is 0 Å². The molecule has 2 rings (SSSR count). The summed E-state index contributed by atoms with van der Waals surface area (Å²) in [5.41, 5.74) is 7.18. The van der Waals surface area contributed by atoms with Gasteiger partial charge < -0.3 is 15.2 Å². The fourth-order valence-electron chi connectivity index (χ4n) is 1.79. The van der Waals surface area contributed by atoms with Crippen molar-refractivity contribution >= 4 is 5.69 Å². The van der Waals surface area contributed by atoms with Crippen LogP contribution in [0.4, 0.5) is 5.69 Å². The molecule has 0 aliphatic carbocycles. The van der Waals surface area contributed by atoms with Gasteiger partial charge in [-0.3, -0.25) is 0 Å². The summed E-state index contributed by atoms with van der Waals surface area (Å²) >= 11 is 0. The Morgan fingerprint density at radius 1 is 1.05 bits per heavy atom. The number of benzene rings is 2. The molecule has 4 heteroatoms. The van der Waals surface area contributed by atoms with Crippen LogP contribution in [-0.2, 0) is 6.42 Å². The van der Waals surface area contributed by atoms with E-state index >= 15 is 0 Å². The second-order valence-electron chi connectivity index (χ2n) is 4.20. The number of hydrogen-bond acceptors (Lipinski definition) is 4. The lowest BCUT2D eigenvalue weighted by Crippen LogP contribution is -1.94. The molecule has 0 saturated heterocycles. The van der Waals surface area contributed by atoms with Crippen molar-refractivity contribution < 1.29 is 9.47 Å². The van der Waals surface area contributed by atoms with Gasteiger partial charge in [-0.2, -0.15) is 5.26 Å². The average molecular weight is 268 g/mol. The summed E-state index contributed by atoms with van der Waals surface area (Å²) in [5.74, 6) is 2.18. The molecule has 0 aromatic heterocycles. The first-order valence-corrected chi connectivity index (χ1v) is 6.39. The lowest BCUT2D eigenvalue weighted by Gasteiger charge is -2.09. The van der Waals surface area contributed by atoms with Gasteiger partial charge in [-0.15, -0.1) is 0 Å². The van der Waals surface area contributed by atoms with E-state index in [9.17, 15) is 0 Å². The molecular weight excluding hydrogens is 252 g/mol. The van der Waals surface area contributed by atoms with Crippen LogP contribution in [0.2, 0.25) is 0 Å². The Labute approximate surface area is 118 Å².